The molecule has 0 bridgehead atoms. The van der Waals surface area contributed by atoms with Crippen molar-refractivity contribution < 1.29 is 4.42 Å². The number of aromatic nitrogens is 4. The van der Waals surface area contributed by atoms with E-state index in [1.165, 1.54) is 36.6 Å². The minimum absolute atomic E-state index is 0.648. The lowest BCUT2D eigenvalue weighted by Crippen LogP contribution is -2.00. The van der Waals surface area contributed by atoms with E-state index >= 15 is 0 Å². The van der Waals surface area contributed by atoms with Crippen LogP contribution in [0, 0.1) is 0 Å². The predicted octanol–water partition coefficient (Wildman–Crippen LogP) is 13.9. The maximum atomic E-state index is 6.59. The third-order valence-corrected chi connectivity index (χ3v) is 12.2. The van der Waals surface area contributed by atoms with Crippen LogP contribution in [0.15, 0.2) is 186 Å². The second-order valence-corrected chi connectivity index (χ2v) is 15.4. The van der Waals surface area contributed by atoms with Gasteiger partial charge < -0.3 is 8.98 Å². The molecule has 0 aliphatic rings. The van der Waals surface area contributed by atoms with Crippen LogP contribution in [0.1, 0.15) is 0 Å². The summed E-state index contributed by atoms with van der Waals surface area (Å²) >= 11 is 1.80. The van der Waals surface area contributed by atoms with Crippen molar-refractivity contribution in [2.45, 2.75) is 0 Å². The topological polar surface area (TPSA) is 56.7 Å². The van der Waals surface area contributed by atoms with E-state index in [1.54, 1.807) is 11.3 Å². The number of fused-ring (bicyclic) bond motifs is 9. The zero-order valence-corrected chi connectivity index (χ0v) is 31.2. The largest absolute Gasteiger partial charge is 0.456 e. The highest BCUT2D eigenvalue weighted by atomic mass is 32.1. The van der Waals surface area contributed by atoms with Gasteiger partial charge in [0, 0.05) is 70.2 Å². The first-order chi connectivity index (χ1) is 28.2. The van der Waals surface area contributed by atoms with Crippen molar-refractivity contribution in [1.29, 1.82) is 0 Å². The molecule has 0 radical (unpaired) electrons. The molecule has 4 aromatic heterocycles. The van der Waals surface area contributed by atoms with Gasteiger partial charge in [-0.2, -0.15) is 0 Å². The van der Waals surface area contributed by atoms with Crippen molar-refractivity contribution in [3.05, 3.63) is 182 Å². The van der Waals surface area contributed by atoms with Crippen LogP contribution in [0.2, 0.25) is 0 Å². The summed E-state index contributed by atoms with van der Waals surface area (Å²) in [4.78, 5) is 15.2. The van der Waals surface area contributed by atoms with E-state index in [0.717, 1.165) is 60.8 Å². The highest BCUT2D eigenvalue weighted by Gasteiger charge is 2.20. The highest BCUT2D eigenvalue weighted by molar-refractivity contribution is 7.26. The maximum Gasteiger partial charge on any atom is 0.164 e. The Kier molecular flexibility index (Phi) is 7.03. The number of rotatable bonds is 5. The smallest absolute Gasteiger partial charge is 0.164 e. The van der Waals surface area contributed by atoms with Gasteiger partial charge in [-0.3, -0.25) is 0 Å². The van der Waals surface area contributed by atoms with Crippen LogP contribution in [0.25, 0.3) is 115 Å². The molecule has 8 aromatic carbocycles. The van der Waals surface area contributed by atoms with Crippen molar-refractivity contribution in [2.75, 3.05) is 0 Å². The Labute approximate surface area is 330 Å². The van der Waals surface area contributed by atoms with Crippen LogP contribution in [-0.4, -0.2) is 19.5 Å². The van der Waals surface area contributed by atoms with Crippen molar-refractivity contribution >= 4 is 75.3 Å². The van der Waals surface area contributed by atoms with E-state index in [0.29, 0.717) is 17.5 Å². The molecule has 0 saturated carbocycles. The number of hydrogen-bond donors (Lipinski definition) is 0. The van der Waals surface area contributed by atoms with Gasteiger partial charge >= 0.3 is 0 Å². The monoisotopic (exact) mass is 746 g/mol. The molecule has 0 unspecified atom stereocenters. The van der Waals surface area contributed by atoms with E-state index in [9.17, 15) is 0 Å². The molecule has 0 spiro atoms. The fraction of sp³-hybridized carbons (Fsp3) is 0. The van der Waals surface area contributed by atoms with Gasteiger partial charge in [0.05, 0.1) is 11.0 Å². The number of para-hydroxylation sites is 2. The summed E-state index contributed by atoms with van der Waals surface area (Å²) in [6, 6.07) is 63.7. The lowest BCUT2D eigenvalue weighted by atomic mass is 9.96. The average Bonchev–Trinajstić information content (AvgIpc) is 3.96. The van der Waals surface area contributed by atoms with E-state index < -0.39 is 0 Å². The second kappa shape index (κ2) is 12.6. The maximum absolute atomic E-state index is 6.59. The number of hydrogen-bond acceptors (Lipinski definition) is 5. The molecule has 0 aliphatic heterocycles. The fourth-order valence-corrected chi connectivity index (χ4v) is 9.65. The van der Waals surface area contributed by atoms with Gasteiger partial charge in [-0.1, -0.05) is 127 Å². The first kappa shape index (κ1) is 31.9. The Hall–Kier alpha value is -7.41. The molecule has 0 fully saturated rings. The quantitative estimate of drug-likeness (QED) is 0.176. The third-order valence-electron chi connectivity index (χ3n) is 11.1. The Balaban J connectivity index is 1.03. The number of benzene rings is 8. The van der Waals surface area contributed by atoms with Crippen LogP contribution in [-0.2, 0) is 0 Å². The molecular weight excluding hydrogens is 717 g/mol. The molecular formula is C51H30N4OS. The van der Waals surface area contributed by atoms with E-state index in [-0.39, 0.29) is 0 Å². The summed E-state index contributed by atoms with van der Waals surface area (Å²) < 4.78 is 11.3. The number of furan rings is 1. The van der Waals surface area contributed by atoms with Gasteiger partial charge in [0.15, 0.2) is 17.5 Å². The van der Waals surface area contributed by atoms with Crippen molar-refractivity contribution in [3.63, 3.8) is 0 Å². The number of thiophene rings is 1. The normalized spacial score (nSPS) is 11.9. The molecule has 57 heavy (non-hydrogen) atoms. The SMILES string of the molecule is c1ccc(-c2nc(-c3ccccc3)nc(-c3cccc4sc5cccc(-c6ccc7oc8cc(-n9c%10ccccc%10c%10ccccc%109)ccc8c7c6)c5c34)n2)cc1. The van der Waals surface area contributed by atoms with Crippen LogP contribution in [0.5, 0.6) is 0 Å². The number of nitrogens with zero attached hydrogens (tertiary/aromatic N) is 4. The van der Waals surface area contributed by atoms with Crippen LogP contribution in [0.4, 0.5) is 0 Å². The third kappa shape index (κ3) is 5.04. The summed E-state index contributed by atoms with van der Waals surface area (Å²) in [5.41, 5.74) is 10.3. The van der Waals surface area contributed by atoms with Gasteiger partial charge in [-0.15, -0.1) is 11.3 Å². The summed E-state index contributed by atoms with van der Waals surface area (Å²) in [5, 5.41) is 6.99. The molecule has 12 rings (SSSR count). The lowest BCUT2D eigenvalue weighted by Gasteiger charge is -2.11. The van der Waals surface area contributed by atoms with Crippen molar-refractivity contribution in [1.82, 2.24) is 19.5 Å². The van der Waals surface area contributed by atoms with Crippen LogP contribution in [0.3, 0.4) is 0 Å². The Morgan fingerprint density at radius 3 is 1.63 bits per heavy atom. The summed E-state index contributed by atoms with van der Waals surface area (Å²) in [5.74, 6) is 1.95. The van der Waals surface area contributed by atoms with Gasteiger partial charge in [0.1, 0.15) is 11.2 Å². The molecule has 0 aliphatic carbocycles. The lowest BCUT2D eigenvalue weighted by molar-refractivity contribution is 0.668. The first-order valence-electron chi connectivity index (χ1n) is 19.0. The first-order valence-corrected chi connectivity index (χ1v) is 19.8. The molecule has 6 heteroatoms. The minimum atomic E-state index is 0.648. The molecule has 0 N–H and O–H groups in total. The van der Waals surface area contributed by atoms with Gasteiger partial charge in [0.2, 0.25) is 0 Å². The van der Waals surface area contributed by atoms with Crippen LogP contribution < -0.4 is 0 Å². The Morgan fingerprint density at radius 1 is 0.386 bits per heavy atom. The van der Waals surface area contributed by atoms with E-state index in [2.05, 4.69) is 126 Å². The molecule has 0 saturated heterocycles. The van der Waals surface area contributed by atoms with Crippen LogP contribution >= 0.6 is 11.3 Å². The van der Waals surface area contributed by atoms with E-state index in [1.807, 2.05) is 60.7 Å². The molecule has 5 nitrogen and oxygen atoms in total. The van der Waals surface area contributed by atoms with E-state index in [4.69, 9.17) is 19.4 Å². The Morgan fingerprint density at radius 2 is 0.965 bits per heavy atom. The Bertz CT molecular complexity index is 3420. The molecule has 12 aromatic rings. The average molecular weight is 747 g/mol. The summed E-state index contributed by atoms with van der Waals surface area (Å²) in [6.45, 7) is 0. The van der Waals surface area contributed by atoms with Gasteiger partial charge in [-0.05, 0) is 59.7 Å². The molecule has 4 heterocycles. The van der Waals surface area contributed by atoms with Gasteiger partial charge in [-0.25, -0.2) is 15.0 Å². The fourth-order valence-electron chi connectivity index (χ4n) is 8.50. The molecule has 0 amide bonds. The van der Waals surface area contributed by atoms with Gasteiger partial charge in [0.25, 0.3) is 0 Å². The second-order valence-electron chi connectivity index (χ2n) is 14.4. The molecule has 266 valence electrons. The predicted molar refractivity (Wildman–Crippen MR) is 236 cm³/mol. The zero-order chi connectivity index (χ0) is 37.5. The standard InChI is InChI=1S/C51H30N4OS/c1-3-13-31(14-4-1)49-52-50(32-15-5-2-6-16-32)54-51(53-49)39-20-12-24-46-48(39)47-35(19-11-23-45(47)57-46)33-25-28-43-40(29-33)38-27-26-34(30-44(38)56-43)55-41-21-9-7-17-36(41)37-18-8-10-22-42(37)55/h1-30H. The summed E-state index contributed by atoms with van der Waals surface area (Å²) in [6.07, 6.45) is 0. The van der Waals surface area contributed by atoms with Crippen molar-refractivity contribution in [2.24, 2.45) is 0 Å². The minimum Gasteiger partial charge on any atom is -0.456 e. The highest BCUT2D eigenvalue weighted by Crippen LogP contribution is 2.45. The van der Waals surface area contributed by atoms with Crippen molar-refractivity contribution in [3.8, 4) is 51.0 Å². The zero-order valence-electron chi connectivity index (χ0n) is 30.4. The molecule has 0 atom stereocenters. The summed E-state index contributed by atoms with van der Waals surface area (Å²) in [7, 11) is 0.